The fraction of sp³-hybridized carbons (Fsp3) is 0.333. The largest absolute Gasteiger partial charge is 0.492 e. The molecular weight excluding hydrogens is 347 g/mol. The number of amides is 2. The fourth-order valence-electron chi connectivity index (χ4n) is 2.63. The van der Waals surface area contributed by atoms with E-state index in [0.29, 0.717) is 17.9 Å². The molecule has 0 aliphatic heterocycles. The summed E-state index contributed by atoms with van der Waals surface area (Å²) in [7, 11) is 0. The highest BCUT2D eigenvalue weighted by Gasteiger charge is 2.25. The van der Waals surface area contributed by atoms with Crippen molar-refractivity contribution in [3.05, 3.63) is 59.4 Å². The number of benzene rings is 2. The number of carbonyl (C=O) groups is 2. The van der Waals surface area contributed by atoms with Gasteiger partial charge in [-0.05, 0) is 44.0 Å². The van der Waals surface area contributed by atoms with E-state index in [4.69, 9.17) is 4.74 Å². The molecule has 2 aromatic carbocycles. The second-order valence-corrected chi connectivity index (χ2v) is 6.63. The van der Waals surface area contributed by atoms with Gasteiger partial charge in [0.25, 0.3) is 5.91 Å². The summed E-state index contributed by atoms with van der Waals surface area (Å²) < 4.78 is 18.8. The van der Waals surface area contributed by atoms with Crippen LogP contribution < -0.4 is 15.4 Å². The normalized spacial score (nSPS) is 11.8. The van der Waals surface area contributed by atoms with Crippen molar-refractivity contribution in [2.75, 3.05) is 11.9 Å². The van der Waals surface area contributed by atoms with Crippen molar-refractivity contribution in [1.82, 2.24) is 5.32 Å². The molecule has 2 aromatic rings. The van der Waals surface area contributed by atoms with Crippen LogP contribution in [-0.2, 0) is 4.79 Å². The van der Waals surface area contributed by atoms with Crippen molar-refractivity contribution in [2.45, 2.75) is 33.7 Å². The van der Waals surface area contributed by atoms with Crippen LogP contribution in [0.25, 0.3) is 0 Å². The van der Waals surface area contributed by atoms with Crippen molar-refractivity contribution in [1.29, 1.82) is 0 Å². The quantitative estimate of drug-likeness (QED) is 0.774. The zero-order valence-corrected chi connectivity index (χ0v) is 16.0. The SMILES string of the molecule is CCOc1cc(F)ccc1NC(=O)C(NC(=O)c1cccc(C)c1)C(C)C. The molecule has 1 atom stereocenters. The summed E-state index contributed by atoms with van der Waals surface area (Å²) in [5.41, 5.74) is 1.81. The molecule has 27 heavy (non-hydrogen) atoms. The topological polar surface area (TPSA) is 67.4 Å². The highest BCUT2D eigenvalue weighted by molar-refractivity contribution is 6.01. The molecule has 0 fully saturated rings. The molecule has 1 unspecified atom stereocenters. The van der Waals surface area contributed by atoms with E-state index in [1.807, 2.05) is 26.8 Å². The van der Waals surface area contributed by atoms with E-state index >= 15 is 0 Å². The van der Waals surface area contributed by atoms with Gasteiger partial charge in [0, 0.05) is 11.6 Å². The van der Waals surface area contributed by atoms with Crippen LogP contribution in [0.2, 0.25) is 0 Å². The van der Waals surface area contributed by atoms with Crippen molar-refractivity contribution < 1.29 is 18.7 Å². The Bertz CT molecular complexity index is 821. The second kappa shape index (κ2) is 9.16. The third-order valence-electron chi connectivity index (χ3n) is 4.02. The Balaban J connectivity index is 2.17. The van der Waals surface area contributed by atoms with E-state index in [2.05, 4.69) is 10.6 Å². The molecule has 0 saturated carbocycles. The van der Waals surface area contributed by atoms with Gasteiger partial charge in [-0.3, -0.25) is 9.59 Å². The minimum Gasteiger partial charge on any atom is -0.492 e. The molecule has 0 saturated heterocycles. The van der Waals surface area contributed by atoms with Gasteiger partial charge in [0.15, 0.2) is 0 Å². The zero-order valence-electron chi connectivity index (χ0n) is 16.0. The van der Waals surface area contributed by atoms with E-state index in [-0.39, 0.29) is 17.6 Å². The van der Waals surface area contributed by atoms with E-state index in [9.17, 15) is 14.0 Å². The minimum atomic E-state index is -0.752. The van der Waals surface area contributed by atoms with E-state index in [0.717, 1.165) is 5.56 Å². The molecule has 0 bridgehead atoms. The number of carbonyl (C=O) groups excluding carboxylic acids is 2. The Kier molecular flexibility index (Phi) is 6.93. The van der Waals surface area contributed by atoms with Gasteiger partial charge in [-0.15, -0.1) is 0 Å². The standard InChI is InChI=1S/C21H25FN2O3/c1-5-27-18-12-16(22)9-10-17(18)23-21(26)19(13(2)3)24-20(25)15-8-6-7-14(4)11-15/h6-13,19H,5H2,1-4H3,(H,23,26)(H,24,25). The number of ether oxygens (including phenoxy) is 1. The summed E-state index contributed by atoms with van der Waals surface area (Å²) >= 11 is 0. The van der Waals surface area contributed by atoms with Crippen molar-refractivity contribution in [3.8, 4) is 5.75 Å². The minimum absolute atomic E-state index is 0.144. The molecule has 0 radical (unpaired) electrons. The summed E-state index contributed by atoms with van der Waals surface area (Å²) in [5.74, 6) is -1.06. The lowest BCUT2D eigenvalue weighted by Crippen LogP contribution is -2.47. The third-order valence-corrected chi connectivity index (χ3v) is 4.02. The van der Waals surface area contributed by atoms with Crippen LogP contribution in [0.15, 0.2) is 42.5 Å². The first-order valence-electron chi connectivity index (χ1n) is 8.92. The summed E-state index contributed by atoms with van der Waals surface area (Å²) in [6.07, 6.45) is 0. The van der Waals surface area contributed by atoms with Gasteiger partial charge in [0.2, 0.25) is 5.91 Å². The van der Waals surface area contributed by atoms with Crippen LogP contribution in [0.1, 0.15) is 36.7 Å². The number of aryl methyl sites for hydroxylation is 1. The van der Waals surface area contributed by atoms with Crippen molar-refractivity contribution in [2.24, 2.45) is 5.92 Å². The van der Waals surface area contributed by atoms with Crippen LogP contribution in [0.4, 0.5) is 10.1 Å². The molecule has 144 valence electrons. The predicted octanol–water partition coefficient (Wildman–Crippen LogP) is 3.93. The van der Waals surface area contributed by atoms with Crippen molar-refractivity contribution >= 4 is 17.5 Å². The molecule has 0 aromatic heterocycles. The molecular formula is C21H25FN2O3. The van der Waals surface area contributed by atoms with Crippen LogP contribution in [0.3, 0.4) is 0 Å². The summed E-state index contributed by atoms with van der Waals surface area (Å²) in [6.45, 7) is 7.69. The average Bonchev–Trinajstić information content (AvgIpc) is 2.61. The molecule has 2 N–H and O–H groups in total. The van der Waals surface area contributed by atoms with Gasteiger partial charge < -0.3 is 15.4 Å². The van der Waals surface area contributed by atoms with Gasteiger partial charge in [0.05, 0.1) is 12.3 Å². The maximum absolute atomic E-state index is 13.4. The van der Waals surface area contributed by atoms with Gasteiger partial charge >= 0.3 is 0 Å². The van der Waals surface area contributed by atoms with E-state index < -0.39 is 17.8 Å². The molecule has 0 spiro atoms. The Hall–Kier alpha value is -2.89. The van der Waals surface area contributed by atoms with Gasteiger partial charge in [-0.25, -0.2) is 4.39 Å². The summed E-state index contributed by atoms with van der Waals surface area (Å²) in [6, 6.07) is 10.3. The lowest BCUT2D eigenvalue weighted by molar-refractivity contribution is -0.118. The van der Waals surface area contributed by atoms with Crippen LogP contribution in [-0.4, -0.2) is 24.5 Å². The Morgan fingerprint density at radius 2 is 1.89 bits per heavy atom. The maximum atomic E-state index is 13.4. The zero-order chi connectivity index (χ0) is 20.0. The summed E-state index contributed by atoms with van der Waals surface area (Å²) in [5, 5.41) is 5.50. The van der Waals surface area contributed by atoms with Crippen LogP contribution in [0, 0.1) is 18.7 Å². The van der Waals surface area contributed by atoms with Gasteiger partial charge in [-0.1, -0.05) is 31.5 Å². The second-order valence-electron chi connectivity index (χ2n) is 6.63. The fourth-order valence-corrected chi connectivity index (χ4v) is 2.63. The molecule has 2 rings (SSSR count). The number of halogens is 1. The first-order valence-corrected chi connectivity index (χ1v) is 8.92. The number of hydrogen-bond donors (Lipinski definition) is 2. The molecule has 5 nitrogen and oxygen atoms in total. The van der Waals surface area contributed by atoms with Gasteiger partial charge in [0.1, 0.15) is 17.6 Å². The molecule has 6 heteroatoms. The molecule has 2 amide bonds. The lowest BCUT2D eigenvalue weighted by atomic mass is 10.0. The third kappa shape index (κ3) is 5.54. The van der Waals surface area contributed by atoms with Crippen LogP contribution >= 0.6 is 0 Å². The Labute approximate surface area is 158 Å². The highest BCUT2D eigenvalue weighted by atomic mass is 19.1. The average molecular weight is 372 g/mol. The number of hydrogen-bond acceptors (Lipinski definition) is 3. The van der Waals surface area contributed by atoms with E-state index in [1.165, 1.54) is 18.2 Å². The first kappa shape index (κ1) is 20.4. The van der Waals surface area contributed by atoms with Gasteiger partial charge in [-0.2, -0.15) is 0 Å². The maximum Gasteiger partial charge on any atom is 0.251 e. The summed E-state index contributed by atoms with van der Waals surface area (Å²) in [4.78, 5) is 25.3. The van der Waals surface area contributed by atoms with E-state index in [1.54, 1.807) is 25.1 Å². The first-order chi connectivity index (χ1) is 12.8. The monoisotopic (exact) mass is 372 g/mol. The lowest BCUT2D eigenvalue weighted by Gasteiger charge is -2.22. The Morgan fingerprint density at radius 3 is 2.52 bits per heavy atom. The highest BCUT2D eigenvalue weighted by Crippen LogP contribution is 2.26. The Morgan fingerprint density at radius 1 is 1.15 bits per heavy atom. The number of nitrogens with one attached hydrogen (secondary N) is 2. The smallest absolute Gasteiger partial charge is 0.251 e. The molecule has 0 heterocycles. The van der Waals surface area contributed by atoms with Crippen molar-refractivity contribution in [3.63, 3.8) is 0 Å². The van der Waals surface area contributed by atoms with Crippen LogP contribution in [0.5, 0.6) is 5.75 Å². The molecule has 0 aliphatic rings. The predicted molar refractivity (Wildman–Crippen MR) is 103 cm³/mol. The number of anilines is 1. The molecule has 0 aliphatic carbocycles. The number of rotatable bonds is 7.